The lowest BCUT2D eigenvalue weighted by atomic mass is 10.0. The van der Waals surface area contributed by atoms with Gasteiger partial charge in [-0.3, -0.25) is 5.43 Å². The van der Waals surface area contributed by atoms with Gasteiger partial charge in [0.25, 0.3) is 0 Å². The molecule has 6 aromatic carbocycles. The highest BCUT2D eigenvalue weighted by atomic mass is 19.1. The van der Waals surface area contributed by atoms with Gasteiger partial charge in [-0.05, 0) is 97.6 Å². The van der Waals surface area contributed by atoms with Crippen molar-refractivity contribution in [1.82, 2.24) is 10.9 Å². The number of hydrogen-bond donors (Lipinski definition) is 13. The van der Waals surface area contributed by atoms with Crippen molar-refractivity contribution in [2.75, 3.05) is 0 Å². The topological polar surface area (TPSA) is 395 Å². The Balaban J connectivity index is 1.03. The van der Waals surface area contributed by atoms with E-state index in [2.05, 4.69) is 10.9 Å². The molecular formula is C47H35FN2O22. The molecule has 1 aliphatic heterocycles. The third-order valence-electron chi connectivity index (χ3n) is 10.4. The number of hydrogen-bond acceptors (Lipinski definition) is 23. The third-order valence-corrected chi connectivity index (χ3v) is 10.4. The van der Waals surface area contributed by atoms with E-state index in [0.29, 0.717) is 67.4 Å². The van der Waals surface area contributed by atoms with Crippen molar-refractivity contribution in [3.63, 3.8) is 0 Å². The maximum Gasteiger partial charge on any atom is 0.343 e. The van der Waals surface area contributed by atoms with E-state index >= 15 is 0 Å². The summed E-state index contributed by atoms with van der Waals surface area (Å²) in [6, 6.07) is 11.2. The van der Waals surface area contributed by atoms with Gasteiger partial charge in [-0.2, -0.15) is 0 Å². The van der Waals surface area contributed by atoms with Crippen LogP contribution in [0.5, 0.6) is 86.2 Å². The number of ether oxygens (including phenoxy) is 5. The van der Waals surface area contributed by atoms with Crippen molar-refractivity contribution >= 4 is 35.8 Å². The number of phenols is 10. The number of hydrazine groups is 1. The molecule has 0 aliphatic carbocycles. The lowest BCUT2D eigenvalue weighted by Crippen LogP contribution is -2.39. The first-order valence-corrected chi connectivity index (χ1v) is 20.5. The summed E-state index contributed by atoms with van der Waals surface area (Å²) in [5.74, 6) is -23.9. The number of phenolic OH excluding ortho intramolecular Hbond substituents is 10. The molecule has 6 aromatic rings. The number of benzene rings is 6. The molecule has 0 amide bonds. The Bertz CT molecular complexity index is 3210. The molecule has 1 heterocycles. The van der Waals surface area contributed by atoms with Gasteiger partial charge in [0.1, 0.15) is 11.9 Å². The zero-order chi connectivity index (χ0) is 52.3. The van der Waals surface area contributed by atoms with E-state index in [1.54, 1.807) is 12.1 Å². The normalized spacial score (nSPS) is 14.0. The monoisotopic (exact) mass is 998 g/mol. The van der Waals surface area contributed by atoms with Gasteiger partial charge in [0.2, 0.25) is 28.7 Å². The molecule has 1 saturated heterocycles. The summed E-state index contributed by atoms with van der Waals surface area (Å²) >= 11 is 0. The average Bonchev–Trinajstić information content (AvgIpc) is 3.82. The number of carbonyl (C=O) groups is 6. The number of halogens is 1. The molecule has 0 bridgehead atoms. The van der Waals surface area contributed by atoms with Gasteiger partial charge in [-0.15, -0.1) is 0 Å². The lowest BCUT2D eigenvalue weighted by molar-refractivity contribution is -0.136. The van der Waals surface area contributed by atoms with Crippen molar-refractivity contribution < 1.29 is 113 Å². The molecule has 1 fully saturated rings. The molecule has 0 radical (unpaired) electrons. The minimum atomic E-state index is -1.58. The summed E-state index contributed by atoms with van der Waals surface area (Å²) in [4.78, 5) is 77.2. The second-order valence-electron chi connectivity index (χ2n) is 15.4. The lowest BCUT2D eigenvalue weighted by Gasteiger charge is -2.14. The molecule has 1 aliphatic rings. The summed E-state index contributed by atoms with van der Waals surface area (Å²) in [5, 5.41) is 113. The molecule has 72 heavy (non-hydrogen) atoms. The number of carboxylic acids is 1. The van der Waals surface area contributed by atoms with Gasteiger partial charge in [-0.25, -0.2) is 38.6 Å². The molecular weight excluding hydrogens is 964 g/mol. The van der Waals surface area contributed by atoms with Crippen LogP contribution in [0.3, 0.4) is 0 Å². The van der Waals surface area contributed by atoms with Crippen LogP contribution in [0.25, 0.3) is 0 Å². The largest absolute Gasteiger partial charge is 0.504 e. The first kappa shape index (κ1) is 49.9. The Morgan fingerprint density at radius 3 is 1.12 bits per heavy atom. The number of rotatable bonds is 14. The van der Waals surface area contributed by atoms with E-state index in [0.717, 1.165) is 11.6 Å². The molecule has 25 heteroatoms. The number of aryl methyl sites for hydroxylation is 1. The average molecular weight is 999 g/mol. The Kier molecular flexibility index (Phi) is 14.1. The van der Waals surface area contributed by atoms with Crippen LogP contribution >= 0.6 is 0 Å². The highest BCUT2D eigenvalue weighted by Gasteiger charge is 2.32. The highest BCUT2D eigenvalue weighted by molar-refractivity contribution is 5.98. The van der Waals surface area contributed by atoms with Crippen LogP contribution in [-0.2, 0) is 11.2 Å². The van der Waals surface area contributed by atoms with Crippen LogP contribution in [0, 0.1) is 5.82 Å². The van der Waals surface area contributed by atoms with E-state index in [4.69, 9.17) is 23.7 Å². The molecule has 2 atom stereocenters. The second kappa shape index (κ2) is 20.3. The van der Waals surface area contributed by atoms with Crippen LogP contribution in [0.15, 0.2) is 84.9 Å². The van der Waals surface area contributed by atoms with Gasteiger partial charge in [-0.1, -0.05) is 12.1 Å². The first-order chi connectivity index (χ1) is 34.1. The maximum atomic E-state index is 13.3. The fraction of sp³-hybridized carbons (Fsp3) is 0.106. The maximum absolute atomic E-state index is 13.3. The van der Waals surface area contributed by atoms with Crippen molar-refractivity contribution in [3.8, 4) is 86.2 Å². The predicted molar refractivity (Wildman–Crippen MR) is 234 cm³/mol. The van der Waals surface area contributed by atoms with Crippen LogP contribution in [0.2, 0.25) is 0 Å². The van der Waals surface area contributed by atoms with Crippen molar-refractivity contribution in [1.29, 1.82) is 0 Å². The van der Waals surface area contributed by atoms with Gasteiger partial charge in [0.05, 0.1) is 27.8 Å². The molecule has 24 nitrogen and oxygen atoms in total. The SMILES string of the molecule is O=C(O)c1cc(O)c(O)c(OC(=O)c2cc(O)c(O)c(OC(=O)c3cc(O)c(O)c(OC(=O)c4cc(O)c(O)c(OC(=O)c5cc(O)c(O)c(OC(=O)C6CC(CCc7ccc(F)cc7)NN6)c5)c4)c3)c2)c1. The smallest absolute Gasteiger partial charge is 0.343 e. The Morgan fingerprint density at radius 2 is 0.778 bits per heavy atom. The van der Waals surface area contributed by atoms with E-state index in [9.17, 15) is 89.3 Å². The van der Waals surface area contributed by atoms with Gasteiger partial charge < -0.3 is 79.9 Å². The molecule has 372 valence electrons. The summed E-state index contributed by atoms with van der Waals surface area (Å²) < 4.78 is 38.8. The van der Waals surface area contributed by atoms with E-state index in [-0.39, 0.29) is 18.3 Å². The standard InChI is InChI=1S/C47H35FN2O22/c48-24-4-1-18(2-5-24)3-6-25-17-26(50-49-25)47(67)72-36-16-23(11-31(55)41(36)60)46(66)71-35-15-22(10-30(54)40(35)59)45(65)70-34-14-21(9-29(53)39(34)58)44(64)69-33-13-20(8-28(52)38(33)57)43(63)68-32-12-19(42(61)62)7-27(51)37(32)56/h1-2,4-5,7-16,25-26,49-60H,3,6,17H2,(H,61,62). The number of carboxylic acid groups (broad SMARTS) is 1. The Hall–Kier alpha value is -10.0. The number of esters is 5. The first-order valence-electron chi connectivity index (χ1n) is 20.5. The second-order valence-corrected chi connectivity index (χ2v) is 15.4. The van der Waals surface area contributed by atoms with E-state index in [1.807, 2.05) is 0 Å². The van der Waals surface area contributed by atoms with Crippen LogP contribution < -0.4 is 34.5 Å². The molecule has 0 spiro atoms. The van der Waals surface area contributed by atoms with Crippen LogP contribution in [0.4, 0.5) is 4.39 Å². The Labute approximate surface area is 400 Å². The minimum absolute atomic E-state index is 0.212. The zero-order valence-electron chi connectivity index (χ0n) is 36.1. The van der Waals surface area contributed by atoms with Crippen molar-refractivity contribution in [2.45, 2.75) is 31.3 Å². The van der Waals surface area contributed by atoms with Crippen LogP contribution in [0.1, 0.15) is 70.2 Å². The molecule has 7 rings (SSSR count). The summed E-state index contributed by atoms with van der Waals surface area (Å²) in [7, 11) is 0. The summed E-state index contributed by atoms with van der Waals surface area (Å²) in [6.07, 6.45) is 1.30. The molecule has 0 saturated carbocycles. The third kappa shape index (κ3) is 11.0. The highest BCUT2D eigenvalue weighted by Crippen LogP contribution is 2.43. The summed E-state index contributed by atoms with van der Waals surface area (Å²) in [5.41, 5.74) is 3.18. The number of nitrogens with one attached hydrogen (secondary N) is 2. The van der Waals surface area contributed by atoms with Gasteiger partial charge >= 0.3 is 35.8 Å². The van der Waals surface area contributed by atoms with E-state index in [1.165, 1.54) is 12.1 Å². The number of aromatic hydroxyl groups is 10. The minimum Gasteiger partial charge on any atom is -0.504 e. The van der Waals surface area contributed by atoms with Crippen molar-refractivity contribution in [2.24, 2.45) is 0 Å². The van der Waals surface area contributed by atoms with Crippen LogP contribution in [-0.4, -0.2) is 104 Å². The van der Waals surface area contributed by atoms with E-state index < -0.39 is 156 Å². The predicted octanol–water partition coefficient (Wildman–Crippen LogP) is 4.23. The molecule has 13 N–H and O–H groups in total. The van der Waals surface area contributed by atoms with Gasteiger partial charge in [0.15, 0.2) is 57.5 Å². The fourth-order valence-electron chi connectivity index (χ4n) is 6.72. The summed E-state index contributed by atoms with van der Waals surface area (Å²) in [6.45, 7) is 0. The number of carbonyl (C=O) groups excluding carboxylic acids is 5. The quantitative estimate of drug-likeness (QED) is 0.0412. The zero-order valence-corrected chi connectivity index (χ0v) is 36.1. The Morgan fingerprint density at radius 1 is 0.458 bits per heavy atom. The molecule has 2 unspecified atom stereocenters. The number of aromatic carboxylic acids is 1. The van der Waals surface area contributed by atoms with Crippen molar-refractivity contribution in [3.05, 3.63) is 124 Å². The molecule has 0 aromatic heterocycles. The van der Waals surface area contributed by atoms with Gasteiger partial charge in [0, 0.05) is 6.04 Å². The fourth-order valence-corrected chi connectivity index (χ4v) is 6.72.